The second kappa shape index (κ2) is 7.07. The number of nitrogens with one attached hydrogen (secondary N) is 1. The average molecular weight is 358 g/mol. The van der Waals surface area contributed by atoms with Gasteiger partial charge in [-0.05, 0) is 29.3 Å². The number of aryl methyl sites for hydroxylation is 1. The van der Waals surface area contributed by atoms with Crippen LogP contribution in [0.2, 0.25) is 0 Å². The van der Waals surface area contributed by atoms with E-state index in [0.717, 1.165) is 7.05 Å². The van der Waals surface area contributed by atoms with Gasteiger partial charge >= 0.3 is 6.18 Å². The van der Waals surface area contributed by atoms with E-state index in [4.69, 9.17) is 4.74 Å². The van der Waals surface area contributed by atoms with Crippen LogP contribution in [0.15, 0.2) is 4.47 Å². The number of halogens is 4. The van der Waals surface area contributed by atoms with Crippen LogP contribution in [-0.2, 0) is 18.0 Å². The molecular formula is C11H15BrF3N3O2. The topological polar surface area (TPSA) is 56.1 Å². The second-order valence-corrected chi connectivity index (χ2v) is 4.73. The Morgan fingerprint density at radius 1 is 1.50 bits per heavy atom. The first-order chi connectivity index (χ1) is 9.29. The van der Waals surface area contributed by atoms with E-state index >= 15 is 0 Å². The highest BCUT2D eigenvalue weighted by Crippen LogP contribution is 2.36. The summed E-state index contributed by atoms with van der Waals surface area (Å²) in [7, 11) is 1.14. The third-order valence-electron chi connectivity index (χ3n) is 2.43. The monoisotopic (exact) mass is 357 g/mol. The zero-order valence-electron chi connectivity index (χ0n) is 11.1. The summed E-state index contributed by atoms with van der Waals surface area (Å²) in [6, 6.07) is 0. The lowest BCUT2D eigenvalue weighted by Gasteiger charge is -2.06. The van der Waals surface area contributed by atoms with Crippen molar-refractivity contribution in [2.75, 3.05) is 19.8 Å². The number of aromatic nitrogens is 2. The van der Waals surface area contributed by atoms with Crippen LogP contribution in [0.1, 0.15) is 29.5 Å². The highest BCUT2D eigenvalue weighted by atomic mass is 79.9. The van der Waals surface area contributed by atoms with Gasteiger partial charge < -0.3 is 10.1 Å². The molecule has 0 unspecified atom stereocenters. The molecule has 0 aromatic carbocycles. The Hall–Kier alpha value is -1.09. The lowest BCUT2D eigenvalue weighted by atomic mass is 10.3. The van der Waals surface area contributed by atoms with Gasteiger partial charge in [0.1, 0.15) is 0 Å². The van der Waals surface area contributed by atoms with E-state index in [1.807, 2.05) is 6.92 Å². The molecule has 1 rings (SSSR count). The molecule has 5 nitrogen and oxygen atoms in total. The SMILES string of the molecule is CCOCCCNC(=O)c1nn(C)c(C(F)(F)F)c1Br. The Balaban J connectivity index is 2.70. The minimum absolute atomic E-state index is 0.281. The third kappa shape index (κ3) is 4.20. The van der Waals surface area contributed by atoms with Gasteiger partial charge in [0.15, 0.2) is 11.4 Å². The zero-order valence-corrected chi connectivity index (χ0v) is 12.6. The molecule has 9 heteroatoms. The molecule has 1 aromatic heterocycles. The molecule has 114 valence electrons. The van der Waals surface area contributed by atoms with Gasteiger partial charge in [0.05, 0.1) is 4.47 Å². The molecule has 0 saturated carbocycles. The quantitative estimate of drug-likeness (QED) is 0.795. The normalized spacial score (nSPS) is 11.7. The molecule has 0 radical (unpaired) electrons. The molecule has 0 aliphatic rings. The average Bonchev–Trinajstić information content (AvgIpc) is 2.63. The summed E-state index contributed by atoms with van der Waals surface area (Å²) in [6.07, 6.45) is -4.00. The Kier molecular flexibility index (Phi) is 6.00. The van der Waals surface area contributed by atoms with Crippen molar-refractivity contribution >= 4 is 21.8 Å². The minimum atomic E-state index is -4.58. The summed E-state index contributed by atoms with van der Waals surface area (Å²) in [4.78, 5) is 11.8. The maximum Gasteiger partial charge on any atom is 0.434 e. The van der Waals surface area contributed by atoms with Gasteiger partial charge in [0.2, 0.25) is 0 Å². The number of alkyl halides is 3. The van der Waals surface area contributed by atoms with Crippen molar-refractivity contribution in [1.82, 2.24) is 15.1 Å². The molecular weight excluding hydrogens is 343 g/mol. The maximum atomic E-state index is 12.7. The van der Waals surface area contributed by atoms with Gasteiger partial charge in [0, 0.05) is 26.8 Å². The van der Waals surface area contributed by atoms with Gasteiger partial charge in [-0.15, -0.1) is 0 Å². The Labute approximate surface area is 122 Å². The van der Waals surface area contributed by atoms with Gasteiger partial charge in [0.25, 0.3) is 5.91 Å². The molecule has 0 aliphatic carbocycles. The fraction of sp³-hybridized carbons (Fsp3) is 0.636. The van der Waals surface area contributed by atoms with Gasteiger partial charge in [-0.2, -0.15) is 18.3 Å². The summed E-state index contributed by atoms with van der Waals surface area (Å²) >= 11 is 2.78. The van der Waals surface area contributed by atoms with Crippen LogP contribution < -0.4 is 5.32 Å². The second-order valence-electron chi connectivity index (χ2n) is 3.94. The van der Waals surface area contributed by atoms with Crippen LogP contribution in [0.5, 0.6) is 0 Å². The van der Waals surface area contributed by atoms with E-state index in [-0.39, 0.29) is 10.2 Å². The van der Waals surface area contributed by atoms with Crippen LogP contribution >= 0.6 is 15.9 Å². The van der Waals surface area contributed by atoms with Gasteiger partial charge in [-0.25, -0.2) is 0 Å². The summed E-state index contributed by atoms with van der Waals surface area (Å²) in [5.74, 6) is -0.653. The number of carbonyl (C=O) groups excluding carboxylic acids is 1. The van der Waals surface area contributed by atoms with E-state index in [1.165, 1.54) is 0 Å². The molecule has 1 aromatic rings. The van der Waals surface area contributed by atoms with E-state index in [9.17, 15) is 18.0 Å². The first kappa shape index (κ1) is 17.0. The van der Waals surface area contributed by atoms with Crippen LogP contribution in [0.4, 0.5) is 13.2 Å². The Morgan fingerprint density at radius 2 is 2.15 bits per heavy atom. The van der Waals surface area contributed by atoms with Gasteiger partial charge in [-0.3, -0.25) is 9.48 Å². The number of hydrogen-bond acceptors (Lipinski definition) is 3. The van der Waals surface area contributed by atoms with Crippen molar-refractivity contribution in [1.29, 1.82) is 0 Å². The number of amides is 1. The first-order valence-corrected chi connectivity index (χ1v) is 6.74. The molecule has 1 N–H and O–H groups in total. The highest BCUT2D eigenvalue weighted by molar-refractivity contribution is 9.10. The number of ether oxygens (including phenoxy) is 1. The molecule has 0 saturated heterocycles. The third-order valence-corrected chi connectivity index (χ3v) is 3.18. The molecule has 1 amide bonds. The molecule has 0 spiro atoms. The van der Waals surface area contributed by atoms with Gasteiger partial charge in [-0.1, -0.05) is 0 Å². The van der Waals surface area contributed by atoms with Crippen LogP contribution in [0.3, 0.4) is 0 Å². The van der Waals surface area contributed by atoms with E-state index in [1.54, 1.807) is 0 Å². The van der Waals surface area contributed by atoms with Crippen molar-refractivity contribution < 1.29 is 22.7 Å². The minimum Gasteiger partial charge on any atom is -0.382 e. The number of nitrogens with zero attached hydrogens (tertiary/aromatic N) is 2. The van der Waals surface area contributed by atoms with Crippen molar-refractivity contribution in [3.8, 4) is 0 Å². The molecule has 20 heavy (non-hydrogen) atoms. The van der Waals surface area contributed by atoms with E-state index < -0.39 is 17.8 Å². The summed E-state index contributed by atoms with van der Waals surface area (Å²) in [5.41, 5.74) is -1.27. The Bertz CT molecular complexity index is 474. The summed E-state index contributed by atoms with van der Waals surface area (Å²) < 4.78 is 43.6. The smallest absolute Gasteiger partial charge is 0.382 e. The molecule has 0 fully saturated rings. The molecule has 0 bridgehead atoms. The van der Waals surface area contributed by atoms with E-state index in [0.29, 0.717) is 30.9 Å². The largest absolute Gasteiger partial charge is 0.434 e. The predicted molar refractivity (Wildman–Crippen MR) is 69.4 cm³/mol. The number of hydrogen-bond donors (Lipinski definition) is 1. The van der Waals surface area contributed by atoms with Crippen molar-refractivity contribution in [2.24, 2.45) is 7.05 Å². The summed E-state index contributed by atoms with van der Waals surface area (Å²) in [5, 5.41) is 6.10. The van der Waals surface area contributed by atoms with Crippen molar-refractivity contribution in [3.05, 3.63) is 15.9 Å². The molecule has 1 heterocycles. The Morgan fingerprint density at radius 3 is 2.65 bits per heavy atom. The van der Waals surface area contributed by atoms with E-state index in [2.05, 4.69) is 26.3 Å². The number of carbonyl (C=O) groups is 1. The fourth-order valence-electron chi connectivity index (χ4n) is 1.56. The highest BCUT2D eigenvalue weighted by Gasteiger charge is 2.39. The predicted octanol–water partition coefficient (Wildman–Crippen LogP) is 2.36. The first-order valence-electron chi connectivity index (χ1n) is 5.94. The van der Waals surface area contributed by atoms with Crippen LogP contribution in [0, 0.1) is 0 Å². The maximum absolute atomic E-state index is 12.7. The number of rotatable bonds is 6. The van der Waals surface area contributed by atoms with Crippen LogP contribution in [-0.4, -0.2) is 35.4 Å². The lowest BCUT2D eigenvalue weighted by Crippen LogP contribution is -2.26. The standard InChI is InChI=1S/C11H15BrF3N3O2/c1-3-20-6-4-5-16-10(19)8-7(12)9(11(13,14)15)18(2)17-8/h3-6H2,1-2H3,(H,16,19). The molecule has 0 aliphatic heterocycles. The van der Waals surface area contributed by atoms with Crippen molar-refractivity contribution in [3.63, 3.8) is 0 Å². The zero-order chi connectivity index (χ0) is 15.3. The summed E-state index contributed by atoms with van der Waals surface area (Å²) in [6.45, 7) is 3.22. The fourth-order valence-corrected chi connectivity index (χ4v) is 2.30. The lowest BCUT2D eigenvalue weighted by molar-refractivity contribution is -0.144. The van der Waals surface area contributed by atoms with Crippen LogP contribution in [0.25, 0.3) is 0 Å². The van der Waals surface area contributed by atoms with Crippen molar-refractivity contribution in [2.45, 2.75) is 19.5 Å². The molecule has 0 atom stereocenters.